The van der Waals surface area contributed by atoms with E-state index in [0.29, 0.717) is 25.2 Å². The van der Waals surface area contributed by atoms with Crippen LogP contribution >= 0.6 is 0 Å². The van der Waals surface area contributed by atoms with Crippen LogP contribution in [0, 0.1) is 6.92 Å². The Labute approximate surface area is 202 Å². The minimum atomic E-state index is -0.158. The van der Waals surface area contributed by atoms with Crippen molar-refractivity contribution >= 4 is 11.9 Å². The standard InChI is InChI=1S/C29H48O4/c1-3-4-5-6-7-8-9-12-15-20-25-32-28(30)23-16-13-10-11-14-17-24-29(31)33-27-22-19-18-21-26(27)2/h18-19,21-22H,3-17,20,23-25H2,1-2H3. The van der Waals surface area contributed by atoms with Gasteiger partial charge in [0.15, 0.2) is 0 Å². The van der Waals surface area contributed by atoms with Gasteiger partial charge in [0.05, 0.1) is 6.61 Å². The third-order valence-electron chi connectivity index (χ3n) is 6.09. The number of rotatable bonds is 21. The summed E-state index contributed by atoms with van der Waals surface area (Å²) in [6.45, 7) is 4.77. The molecule has 33 heavy (non-hydrogen) atoms. The predicted molar refractivity (Wildman–Crippen MR) is 137 cm³/mol. The van der Waals surface area contributed by atoms with Crippen molar-refractivity contribution in [3.8, 4) is 5.75 Å². The van der Waals surface area contributed by atoms with Gasteiger partial charge in [0.2, 0.25) is 0 Å². The summed E-state index contributed by atoms with van der Waals surface area (Å²) in [5.41, 5.74) is 0.980. The molecule has 0 radical (unpaired) electrons. The van der Waals surface area contributed by atoms with Crippen LogP contribution in [0.25, 0.3) is 0 Å². The van der Waals surface area contributed by atoms with Gasteiger partial charge >= 0.3 is 11.9 Å². The molecule has 0 saturated carbocycles. The summed E-state index contributed by atoms with van der Waals surface area (Å²) in [5.74, 6) is 0.446. The van der Waals surface area contributed by atoms with Crippen LogP contribution in [0.5, 0.6) is 5.75 Å². The Kier molecular flexibility index (Phi) is 18.4. The molecular formula is C29H48O4. The molecule has 1 rings (SSSR count). The number of benzene rings is 1. The SMILES string of the molecule is CCCCCCCCCCCCOC(=O)CCCCCCCCC(=O)Oc1ccccc1C. The molecule has 0 atom stereocenters. The first kappa shape index (κ1) is 29.2. The second-order valence-corrected chi connectivity index (χ2v) is 9.26. The van der Waals surface area contributed by atoms with E-state index in [1.165, 1.54) is 57.8 Å². The topological polar surface area (TPSA) is 52.6 Å². The minimum absolute atomic E-state index is 0.0510. The van der Waals surface area contributed by atoms with E-state index in [9.17, 15) is 9.59 Å². The van der Waals surface area contributed by atoms with E-state index in [4.69, 9.17) is 9.47 Å². The number of aryl methyl sites for hydroxylation is 1. The third kappa shape index (κ3) is 17.3. The average Bonchev–Trinajstić information content (AvgIpc) is 2.80. The molecule has 0 aliphatic heterocycles. The van der Waals surface area contributed by atoms with Gasteiger partial charge in [0.1, 0.15) is 5.75 Å². The first-order valence-corrected chi connectivity index (χ1v) is 13.6. The van der Waals surface area contributed by atoms with Crippen LogP contribution in [0.2, 0.25) is 0 Å². The van der Waals surface area contributed by atoms with Crippen LogP contribution in [-0.4, -0.2) is 18.5 Å². The third-order valence-corrected chi connectivity index (χ3v) is 6.09. The summed E-state index contributed by atoms with van der Waals surface area (Å²) in [5, 5.41) is 0. The monoisotopic (exact) mass is 460 g/mol. The lowest BCUT2D eigenvalue weighted by Gasteiger charge is -2.07. The van der Waals surface area contributed by atoms with Crippen molar-refractivity contribution in [1.82, 2.24) is 0 Å². The van der Waals surface area contributed by atoms with Crippen molar-refractivity contribution in [2.75, 3.05) is 6.61 Å². The fourth-order valence-electron chi connectivity index (χ4n) is 3.94. The Morgan fingerprint density at radius 1 is 0.636 bits per heavy atom. The lowest BCUT2D eigenvalue weighted by molar-refractivity contribution is -0.144. The van der Waals surface area contributed by atoms with Gasteiger partial charge < -0.3 is 9.47 Å². The van der Waals surface area contributed by atoms with Crippen LogP contribution in [-0.2, 0) is 14.3 Å². The number of esters is 2. The normalized spacial score (nSPS) is 10.8. The highest BCUT2D eigenvalue weighted by molar-refractivity contribution is 5.72. The number of carbonyl (C=O) groups excluding carboxylic acids is 2. The van der Waals surface area contributed by atoms with Gasteiger partial charge in [-0.3, -0.25) is 9.59 Å². The molecule has 1 aromatic rings. The Hall–Kier alpha value is -1.84. The highest BCUT2D eigenvalue weighted by Gasteiger charge is 2.07. The van der Waals surface area contributed by atoms with Crippen molar-refractivity contribution in [2.45, 2.75) is 129 Å². The number of carbonyl (C=O) groups is 2. The van der Waals surface area contributed by atoms with Crippen molar-refractivity contribution in [2.24, 2.45) is 0 Å². The van der Waals surface area contributed by atoms with Gasteiger partial charge in [-0.1, -0.05) is 109 Å². The quantitative estimate of drug-likeness (QED) is 0.105. The van der Waals surface area contributed by atoms with E-state index in [2.05, 4.69) is 6.92 Å². The molecule has 0 N–H and O–H groups in total. The van der Waals surface area contributed by atoms with E-state index in [-0.39, 0.29) is 11.9 Å². The molecule has 0 fully saturated rings. The van der Waals surface area contributed by atoms with Gasteiger partial charge in [-0.05, 0) is 37.8 Å². The van der Waals surface area contributed by atoms with E-state index < -0.39 is 0 Å². The summed E-state index contributed by atoms with van der Waals surface area (Å²) in [6.07, 6.45) is 19.9. The van der Waals surface area contributed by atoms with E-state index >= 15 is 0 Å². The molecule has 1 aromatic carbocycles. The highest BCUT2D eigenvalue weighted by atomic mass is 16.5. The van der Waals surface area contributed by atoms with Gasteiger partial charge in [0.25, 0.3) is 0 Å². The van der Waals surface area contributed by atoms with Crippen LogP contribution in [0.1, 0.15) is 128 Å². The maximum atomic E-state index is 11.9. The van der Waals surface area contributed by atoms with Crippen molar-refractivity contribution in [3.05, 3.63) is 29.8 Å². The first-order chi connectivity index (χ1) is 16.1. The molecule has 4 heteroatoms. The molecule has 0 aliphatic carbocycles. The van der Waals surface area contributed by atoms with E-state index in [1.54, 1.807) is 0 Å². The number of ether oxygens (including phenoxy) is 2. The van der Waals surface area contributed by atoms with Gasteiger partial charge in [-0.25, -0.2) is 0 Å². The van der Waals surface area contributed by atoms with Gasteiger partial charge in [0, 0.05) is 12.8 Å². The Bertz CT molecular complexity index is 626. The lowest BCUT2D eigenvalue weighted by Crippen LogP contribution is -2.08. The summed E-state index contributed by atoms with van der Waals surface area (Å²) in [4.78, 5) is 23.7. The molecule has 0 amide bonds. The average molecular weight is 461 g/mol. The molecule has 0 aliphatic rings. The fourth-order valence-corrected chi connectivity index (χ4v) is 3.94. The maximum absolute atomic E-state index is 11.9. The van der Waals surface area contributed by atoms with Crippen molar-refractivity contribution in [3.63, 3.8) is 0 Å². The smallest absolute Gasteiger partial charge is 0.311 e. The van der Waals surface area contributed by atoms with Crippen LogP contribution < -0.4 is 4.74 Å². The zero-order valence-corrected chi connectivity index (χ0v) is 21.4. The number of hydrogen-bond acceptors (Lipinski definition) is 4. The van der Waals surface area contributed by atoms with Crippen molar-refractivity contribution in [1.29, 1.82) is 0 Å². The van der Waals surface area contributed by atoms with Crippen LogP contribution in [0.3, 0.4) is 0 Å². The second kappa shape index (κ2) is 20.7. The predicted octanol–water partition coefficient (Wildman–Crippen LogP) is 8.49. The van der Waals surface area contributed by atoms with Gasteiger partial charge in [-0.2, -0.15) is 0 Å². The van der Waals surface area contributed by atoms with E-state index in [1.807, 2.05) is 31.2 Å². The molecular weight excluding hydrogens is 412 g/mol. The zero-order valence-electron chi connectivity index (χ0n) is 21.4. The van der Waals surface area contributed by atoms with Crippen molar-refractivity contribution < 1.29 is 19.1 Å². The number of hydrogen-bond donors (Lipinski definition) is 0. The Morgan fingerprint density at radius 2 is 1.12 bits per heavy atom. The highest BCUT2D eigenvalue weighted by Crippen LogP contribution is 2.17. The fraction of sp³-hybridized carbons (Fsp3) is 0.724. The Morgan fingerprint density at radius 3 is 1.70 bits per heavy atom. The molecule has 188 valence electrons. The first-order valence-electron chi connectivity index (χ1n) is 13.6. The minimum Gasteiger partial charge on any atom is -0.466 e. The number of unbranched alkanes of at least 4 members (excludes halogenated alkanes) is 14. The zero-order chi connectivity index (χ0) is 24.0. The number of para-hydroxylation sites is 1. The summed E-state index contributed by atoms with van der Waals surface area (Å²) >= 11 is 0. The molecule has 0 bridgehead atoms. The lowest BCUT2D eigenvalue weighted by atomic mass is 10.1. The van der Waals surface area contributed by atoms with E-state index in [0.717, 1.165) is 50.5 Å². The molecule has 0 saturated heterocycles. The molecule has 0 heterocycles. The second-order valence-electron chi connectivity index (χ2n) is 9.26. The molecule has 4 nitrogen and oxygen atoms in total. The Balaban J connectivity index is 1.83. The van der Waals surface area contributed by atoms with Crippen LogP contribution in [0.4, 0.5) is 0 Å². The van der Waals surface area contributed by atoms with Gasteiger partial charge in [-0.15, -0.1) is 0 Å². The molecule has 0 aromatic heterocycles. The maximum Gasteiger partial charge on any atom is 0.311 e. The van der Waals surface area contributed by atoms with Crippen LogP contribution in [0.15, 0.2) is 24.3 Å². The largest absolute Gasteiger partial charge is 0.466 e. The summed E-state index contributed by atoms with van der Waals surface area (Å²) in [6, 6.07) is 7.58. The summed E-state index contributed by atoms with van der Waals surface area (Å²) < 4.78 is 10.8. The molecule has 0 unspecified atom stereocenters. The summed E-state index contributed by atoms with van der Waals surface area (Å²) in [7, 11) is 0. The molecule has 0 spiro atoms.